The van der Waals surface area contributed by atoms with E-state index in [2.05, 4.69) is 15.0 Å². The molecule has 3 heterocycles. The first-order valence-corrected chi connectivity index (χ1v) is 15.2. The van der Waals surface area contributed by atoms with Crippen molar-refractivity contribution in [2.45, 2.75) is 57.5 Å². The number of nitrogens with one attached hydrogen (secondary N) is 1. The first-order valence-electron chi connectivity index (χ1n) is 13.7. The predicted molar refractivity (Wildman–Crippen MR) is 153 cm³/mol. The van der Waals surface area contributed by atoms with E-state index in [1.807, 2.05) is 13.8 Å². The molecule has 2 N–H and O–H groups in total. The molecule has 230 valence electrons. The van der Waals surface area contributed by atoms with Gasteiger partial charge in [0.15, 0.2) is 0 Å². The number of rotatable bonds is 7. The molecule has 2 aromatic rings. The van der Waals surface area contributed by atoms with Crippen LogP contribution in [0.1, 0.15) is 47.9 Å². The van der Waals surface area contributed by atoms with Crippen molar-refractivity contribution in [1.29, 1.82) is 0 Å². The van der Waals surface area contributed by atoms with Gasteiger partial charge in [0, 0.05) is 36.2 Å². The summed E-state index contributed by atoms with van der Waals surface area (Å²) in [6, 6.07) is 8.43. The van der Waals surface area contributed by atoms with E-state index < -0.39 is 33.6 Å². The summed E-state index contributed by atoms with van der Waals surface area (Å²) in [5.74, 6) is -0.856. The number of anilines is 1. The standard InChI is InChI=1S/C29H31F3N4O6S/c1-18-14-22(36-21(17-37)6-7-25(36)38)15-19(2)24(18)8-13-43(40,41)35-11-9-28(10-12-35)27(39)33-26(34-28)20-4-3-5-23(16-20)42-29(30,31)32/h3-5,8,13-16,21,37H,6-7,9-12,17H2,1-2H3,(H,33,34,39)/t21-/m1/s1. The number of carbonyl (C=O) groups excluding carboxylic acids is 2. The first-order chi connectivity index (χ1) is 20.2. The van der Waals surface area contributed by atoms with E-state index >= 15 is 0 Å². The summed E-state index contributed by atoms with van der Waals surface area (Å²) < 4.78 is 69.6. The van der Waals surface area contributed by atoms with E-state index in [1.165, 1.54) is 22.5 Å². The third-order valence-electron chi connectivity index (χ3n) is 8.03. The average molecular weight is 621 g/mol. The Balaban J connectivity index is 1.28. The molecule has 1 spiro atoms. The Bertz CT molecular complexity index is 1590. The molecule has 1 atom stereocenters. The lowest BCUT2D eigenvalue weighted by Crippen LogP contribution is -2.50. The molecule has 14 heteroatoms. The van der Waals surface area contributed by atoms with Gasteiger partial charge in [-0.05, 0) is 80.1 Å². The summed E-state index contributed by atoms with van der Waals surface area (Å²) in [4.78, 5) is 31.4. The van der Waals surface area contributed by atoms with Gasteiger partial charge < -0.3 is 20.1 Å². The Morgan fingerprint density at radius 1 is 1.14 bits per heavy atom. The second-order valence-electron chi connectivity index (χ2n) is 10.9. The highest BCUT2D eigenvalue weighted by molar-refractivity contribution is 7.92. The highest BCUT2D eigenvalue weighted by Crippen LogP contribution is 2.34. The van der Waals surface area contributed by atoms with Crippen molar-refractivity contribution in [3.63, 3.8) is 0 Å². The fourth-order valence-corrected chi connectivity index (χ4v) is 6.98. The SMILES string of the molecule is Cc1cc(N2C(=O)CC[C@@H]2CO)cc(C)c1C=CS(=O)(=O)N1CCC2(CC1)N=C(c1cccc(OC(F)(F)F)c1)NC2=O. The predicted octanol–water partition coefficient (Wildman–Crippen LogP) is 3.40. The maximum Gasteiger partial charge on any atom is 0.573 e. The zero-order valence-electron chi connectivity index (χ0n) is 23.5. The molecule has 3 aliphatic heterocycles. The monoisotopic (exact) mass is 620 g/mol. The van der Waals surface area contributed by atoms with Crippen molar-refractivity contribution >= 4 is 39.4 Å². The maximum absolute atomic E-state index is 13.2. The van der Waals surface area contributed by atoms with Crippen LogP contribution in [0.15, 0.2) is 46.8 Å². The van der Waals surface area contributed by atoms with Gasteiger partial charge in [0.1, 0.15) is 17.1 Å². The molecule has 2 fully saturated rings. The summed E-state index contributed by atoms with van der Waals surface area (Å²) in [5.41, 5.74) is 1.90. The van der Waals surface area contributed by atoms with Gasteiger partial charge in [0.25, 0.3) is 5.91 Å². The van der Waals surface area contributed by atoms with E-state index in [0.29, 0.717) is 24.1 Å². The van der Waals surface area contributed by atoms with Crippen LogP contribution in [0.25, 0.3) is 6.08 Å². The van der Waals surface area contributed by atoms with Gasteiger partial charge in [-0.2, -0.15) is 4.31 Å². The zero-order chi connectivity index (χ0) is 31.2. The number of amidine groups is 1. The number of piperidine rings is 1. The molecule has 0 aliphatic carbocycles. The van der Waals surface area contributed by atoms with Crippen molar-refractivity contribution in [1.82, 2.24) is 9.62 Å². The maximum atomic E-state index is 13.2. The minimum Gasteiger partial charge on any atom is -0.406 e. The third kappa shape index (κ3) is 6.31. The molecule has 43 heavy (non-hydrogen) atoms. The fraction of sp³-hybridized carbons (Fsp3) is 0.414. The summed E-state index contributed by atoms with van der Waals surface area (Å²) >= 11 is 0. The topological polar surface area (TPSA) is 129 Å². The summed E-state index contributed by atoms with van der Waals surface area (Å²) in [6.45, 7) is 3.54. The van der Waals surface area contributed by atoms with Crippen molar-refractivity contribution in [2.24, 2.45) is 4.99 Å². The second kappa shape index (κ2) is 11.4. The molecule has 0 radical (unpaired) electrons. The smallest absolute Gasteiger partial charge is 0.406 e. The lowest BCUT2D eigenvalue weighted by Gasteiger charge is -2.34. The zero-order valence-corrected chi connectivity index (χ0v) is 24.3. The Kier molecular flexibility index (Phi) is 8.13. The van der Waals surface area contributed by atoms with Crippen molar-refractivity contribution in [3.05, 3.63) is 64.1 Å². The average Bonchev–Trinajstić information content (AvgIpc) is 3.46. The van der Waals surface area contributed by atoms with Crippen LogP contribution in [0.4, 0.5) is 18.9 Å². The van der Waals surface area contributed by atoms with Crippen LogP contribution in [0, 0.1) is 13.8 Å². The molecular weight excluding hydrogens is 589 g/mol. The van der Waals surface area contributed by atoms with Gasteiger partial charge in [0.05, 0.1) is 12.6 Å². The number of aliphatic imine (C=N–C) groups is 1. The van der Waals surface area contributed by atoms with E-state index in [1.54, 1.807) is 17.0 Å². The number of hydrogen-bond donors (Lipinski definition) is 2. The molecule has 2 aromatic carbocycles. The van der Waals surface area contributed by atoms with Crippen molar-refractivity contribution in [3.8, 4) is 5.75 Å². The van der Waals surface area contributed by atoms with Gasteiger partial charge in [-0.3, -0.25) is 14.6 Å². The third-order valence-corrected chi connectivity index (χ3v) is 9.60. The Labute approximate surface area is 246 Å². The van der Waals surface area contributed by atoms with Gasteiger partial charge in [-0.15, -0.1) is 13.2 Å². The number of aliphatic hydroxyl groups excluding tert-OH is 1. The van der Waals surface area contributed by atoms with E-state index in [4.69, 9.17) is 0 Å². The van der Waals surface area contributed by atoms with E-state index in [0.717, 1.165) is 28.7 Å². The molecule has 5 rings (SSSR count). The van der Waals surface area contributed by atoms with Gasteiger partial charge >= 0.3 is 6.36 Å². The number of aliphatic hydroxyl groups is 1. The number of sulfonamides is 1. The van der Waals surface area contributed by atoms with Crippen molar-refractivity contribution < 1.29 is 41.0 Å². The highest BCUT2D eigenvalue weighted by Gasteiger charge is 2.47. The molecule has 0 saturated carbocycles. The van der Waals surface area contributed by atoms with Crippen LogP contribution in [0.3, 0.4) is 0 Å². The normalized spacial score (nSPS) is 21.1. The Hall–Kier alpha value is -3.75. The number of aryl methyl sites for hydroxylation is 2. The number of amides is 2. The Morgan fingerprint density at radius 2 is 1.81 bits per heavy atom. The van der Waals surface area contributed by atoms with Crippen LogP contribution in [0.5, 0.6) is 5.75 Å². The number of alkyl halides is 3. The van der Waals surface area contributed by atoms with Crippen LogP contribution >= 0.6 is 0 Å². The molecule has 3 aliphatic rings. The molecule has 0 unspecified atom stereocenters. The lowest BCUT2D eigenvalue weighted by atomic mass is 9.89. The number of halogens is 3. The molecular formula is C29H31F3N4O6S. The lowest BCUT2D eigenvalue weighted by molar-refractivity contribution is -0.274. The minimum absolute atomic E-state index is 0.0185. The van der Waals surface area contributed by atoms with Crippen LogP contribution in [-0.2, 0) is 19.6 Å². The number of ether oxygens (including phenoxy) is 1. The quantitative estimate of drug-likeness (QED) is 0.489. The summed E-state index contributed by atoms with van der Waals surface area (Å²) in [5, 5.41) is 13.4. The van der Waals surface area contributed by atoms with E-state index in [-0.39, 0.29) is 55.9 Å². The van der Waals surface area contributed by atoms with Crippen LogP contribution < -0.4 is 15.0 Å². The van der Waals surface area contributed by atoms with Gasteiger partial charge in [-0.1, -0.05) is 12.1 Å². The van der Waals surface area contributed by atoms with Crippen LogP contribution in [-0.4, -0.2) is 73.1 Å². The summed E-state index contributed by atoms with van der Waals surface area (Å²) in [6.07, 6.45) is -2.24. The molecule has 0 aromatic heterocycles. The van der Waals surface area contributed by atoms with Crippen molar-refractivity contribution in [2.75, 3.05) is 24.6 Å². The van der Waals surface area contributed by atoms with E-state index in [9.17, 15) is 36.3 Å². The molecule has 2 amide bonds. The highest BCUT2D eigenvalue weighted by atomic mass is 32.2. The van der Waals surface area contributed by atoms with Crippen LogP contribution in [0.2, 0.25) is 0 Å². The first kappa shape index (κ1) is 30.7. The Morgan fingerprint density at radius 3 is 2.44 bits per heavy atom. The van der Waals surface area contributed by atoms with Gasteiger partial charge in [0.2, 0.25) is 15.9 Å². The van der Waals surface area contributed by atoms with Gasteiger partial charge in [-0.25, -0.2) is 8.42 Å². The molecule has 10 nitrogen and oxygen atoms in total. The number of nitrogens with zero attached hydrogens (tertiary/aromatic N) is 3. The molecule has 0 bridgehead atoms. The fourth-order valence-electron chi connectivity index (χ4n) is 5.81. The number of carbonyl (C=O) groups is 2. The number of benzene rings is 2. The molecule has 2 saturated heterocycles. The number of hydrogen-bond acceptors (Lipinski definition) is 7. The largest absolute Gasteiger partial charge is 0.573 e. The summed E-state index contributed by atoms with van der Waals surface area (Å²) in [7, 11) is -3.86. The minimum atomic E-state index is -4.87. The second-order valence-corrected chi connectivity index (χ2v) is 12.7.